The van der Waals surface area contributed by atoms with Gasteiger partial charge in [-0.1, -0.05) is 18.7 Å². The highest BCUT2D eigenvalue weighted by atomic mass is 32.2. The van der Waals surface area contributed by atoms with Gasteiger partial charge in [0.25, 0.3) is 0 Å². The predicted molar refractivity (Wildman–Crippen MR) is 65.5 cm³/mol. The van der Waals surface area contributed by atoms with Gasteiger partial charge in [-0.05, 0) is 13.3 Å². The summed E-state index contributed by atoms with van der Waals surface area (Å²) in [6.07, 6.45) is 2.15. The van der Waals surface area contributed by atoms with Gasteiger partial charge in [0, 0.05) is 12.3 Å². The maximum absolute atomic E-state index is 11.4. The van der Waals surface area contributed by atoms with E-state index in [4.69, 9.17) is 5.73 Å². The molecule has 0 aliphatic rings. The number of carbonyl (C=O) groups is 1. The van der Waals surface area contributed by atoms with Crippen molar-refractivity contribution in [2.75, 3.05) is 7.11 Å². The Morgan fingerprint density at radius 3 is 2.88 bits per heavy atom. The zero-order chi connectivity index (χ0) is 13.1. The molecule has 1 heterocycles. The Balaban J connectivity index is 2.58. The molecular weight excluding hydrogens is 240 g/mol. The summed E-state index contributed by atoms with van der Waals surface area (Å²) in [5.41, 5.74) is 4.94. The summed E-state index contributed by atoms with van der Waals surface area (Å²) in [5.74, 6) is -0.400. The van der Waals surface area contributed by atoms with Crippen LogP contribution in [0.5, 0.6) is 0 Å². The molecule has 2 unspecified atom stereocenters. The van der Waals surface area contributed by atoms with Crippen molar-refractivity contribution in [3.63, 3.8) is 0 Å². The minimum absolute atomic E-state index is 0.145. The highest BCUT2D eigenvalue weighted by Crippen LogP contribution is 2.26. The smallest absolute Gasteiger partial charge is 0.325 e. The normalized spacial score (nSPS) is 16.3. The lowest BCUT2D eigenvalue weighted by Gasteiger charge is -2.24. The molecule has 2 atom stereocenters. The molecule has 0 amide bonds. The van der Waals surface area contributed by atoms with E-state index in [0.717, 1.165) is 5.16 Å². The minimum atomic E-state index is -0.972. The lowest BCUT2D eigenvalue weighted by atomic mass is 9.98. The Hall–Kier alpha value is -1.08. The number of nitrogens with two attached hydrogens (primary N) is 1. The topological polar surface area (TPSA) is 83.0 Å². The van der Waals surface area contributed by atoms with Gasteiger partial charge in [-0.25, -0.2) is 0 Å². The van der Waals surface area contributed by atoms with Gasteiger partial charge < -0.3 is 15.0 Å². The predicted octanol–water partition coefficient (Wildman–Crippen LogP) is 0.576. The number of aryl methyl sites for hydroxylation is 1. The minimum Gasteiger partial charge on any atom is -0.468 e. The van der Waals surface area contributed by atoms with Crippen LogP contribution in [-0.2, 0) is 16.6 Å². The first-order valence-electron chi connectivity index (χ1n) is 5.24. The lowest BCUT2D eigenvalue weighted by molar-refractivity contribution is -0.146. The molecule has 0 saturated carbocycles. The molecule has 96 valence electrons. The van der Waals surface area contributed by atoms with E-state index in [2.05, 4.69) is 14.9 Å². The standard InChI is InChI=1S/C10H18N4O2S/c1-7(5-10(2,11)8(15)16-4)17-9-13-12-6-14(9)3/h6-7H,5,11H2,1-4H3. The van der Waals surface area contributed by atoms with Gasteiger partial charge in [-0.3, -0.25) is 4.79 Å². The number of aromatic nitrogens is 3. The fourth-order valence-corrected chi connectivity index (χ4v) is 2.61. The van der Waals surface area contributed by atoms with E-state index in [1.165, 1.54) is 18.9 Å². The van der Waals surface area contributed by atoms with Crippen LogP contribution < -0.4 is 5.73 Å². The van der Waals surface area contributed by atoms with Gasteiger partial charge in [0.05, 0.1) is 7.11 Å². The second-order valence-electron chi connectivity index (χ2n) is 4.27. The molecular formula is C10H18N4O2S. The summed E-state index contributed by atoms with van der Waals surface area (Å²) in [4.78, 5) is 11.4. The van der Waals surface area contributed by atoms with Crippen LogP contribution in [0.1, 0.15) is 20.3 Å². The summed E-state index contributed by atoms with van der Waals surface area (Å²) in [7, 11) is 3.21. The summed E-state index contributed by atoms with van der Waals surface area (Å²) in [6.45, 7) is 3.67. The van der Waals surface area contributed by atoms with Crippen LogP contribution in [0, 0.1) is 0 Å². The first-order valence-corrected chi connectivity index (χ1v) is 6.12. The zero-order valence-electron chi connectivity index (χ0n) is 10.5. The van der Waals surface area contributed by atoms with Crippen LogP contribution >= 0.6 is 11.8 Å². The third-order valence-electron chi connectivity index (χ3n) is 2.34. The van der Waals surface area contributed by atoms with E-state index in [-0.39, 0.29) is 5.25 Å². The molecule has 0 aliphatic carbocycles. The van der Waals surface area contributed by atoms with Crippen molar-refractivity contribution >= 4 is 17.7 Å². The van der Waals surface area contributed by atoms with Crippen LogP contribution in [-0.4, -0.2) is 38.6 Å². The lowest BCUT2D eigenvalue weighted by Crippen LogP contribution is -2.47. The van der Waals surface area contributed by atoms with E-state index < -0.39 is 11.5 Å². The second kappa shape index (κ2) is 5.50. The summed E-state index contributed by atoms with van der Waals surface area (Å²) >= 11 is 1.53. The number of hydrogen-bond donors (Lipinski definition) is 1. The first-order chi connectivity index (χ1) is 7.86. The number of methoxy groups -OCH3 is 1. The van der Waals surface area contributed by atoms with E-state index in [1.807, 2.05) is 18.5 Å². The molecule has 7 heteroatoms. The quantitative estimate of drug-likeness (QED) is 0.614. The zero-order valence-corrected chi connectivity index (χ0v) is 11.3. The van der Waals surface area contributed by atoms with Gasteiger partial charge in [0.2, 0.25) is 0 Å². The number of carbonyl (C=O) groups excluding carboxylic acids is 1. The van der Waals surface area contributed by atoms with Crippen molar-refractivity contribution in [2.24, 2.45) is 12.8 Å². The number of rotatable bonds is 5. The molecule has 0 radical (unpaired) electrons. The maximum Gasteiger partial charge on any atom is 0.325 e. The highest BCUT2D eigenvalue weighted by Gasteiger charge is 2.31. The summed E-state index contributed by atoms with van der Waals surface area (Å²) < 4.78 is 6.50. The Bertz CT molecular complexity index is 391. The van der Waals surface area contributed by atoms with Crippen molar-refractivity contribution in [2.45, 2.75) is 36.2 Å². The Morgan fingerprint density at radius 2 is 2.41 bits per heavy atom. The Labute approximate surface area is 105 Å². The van der Waals surface area contributed by atoms with Gasteiger partial charge in [-0.2, -0.15) is 0 Å². The molecule has 1 aromatic rings. The molecule has 1 rings (SSSR count). The third-order valence-corrected chi connectivity index (χ3v) is 3.49. The molecule has 1 aromatic heterocycles. The van der Waals surface area contributed by atoms with Crippen LogP contribution in [0.2, 0.25) is 0 Å². The number of ether oxygens (including phenoxy) is 1. The number of esters is 1. The number of thioether (sulfide) groups is 1. The van der Waals surface area contributed by atoms with E-state index in [0.29, 0.717) is 6.42 Å². The second-order valence-corrected chi connectivity index (χ2v) is 5.67. The van der Waals surface area contributed by atoms with E-state index in [9.17, 15) is 4.79 Å². The van der Waals surface area contributed by atoms with Crippen LogP contribution in [0.25, 0.3) is 0 Å². The first kappa shape index (κ1) is 14.0. The molecule has 0 aromatic carbocycles. The van der Waals surface area contributed by atoms with Gasteiger partial charge in [0.1, 0.15) is 11.9 Å². The van der Waals surface area contributed by atoms with Crippen LogP contribution in [0.3, 0.4) is 0 Å². The van der Waals surface area contributed by atoms with Crippen LogP contribution in [0.15, 0.2) is 11.5 Å². The fourth-order valence-electron chi connectivity index (χ4n) is 1.51. The highest BCUT2D eigenvalue weighted by molar-refractivity contribution is 7.99. The van der Waals surface area contributed by atoms with E-state index >= 15 is 0 Å². The Kier molecular flexibility index (Phi) is 4.53. The molecule has 6 nitrogen and oxygen atoms in total. The average molecular weight is 258 g/mol. The Morgan fingerprint density at radius 1 is 1.76 bits per heavy atom. The number of nitrogens with zero attached hydrogens (tertiary/aromatic N) is 3. The average Bonchev–Trinajstić information content (AvgIpc) is 2.62. The number of hydrogen-bond acceptors (Lipinski definition) is 6. The van der Waals surface area contributed by atoms with Crippen molar-refractivity contribution < 1.29 is 9.53 Å². The van der Waals surface area contributed by atoms with Crippen molar-refractivity contribution in [1.82, 2.24) is 14.8 Å². The third kappa shape index (κ3) is 3.71. The fraction of sp³-hybridized carbons (Fsp3) is 0.700. The molecule has 0 aliphatic heterocycles. The van der Waals surface area contributed by atoms with Gasteiger partial charge >= 0.3 is 5.97 Å². The summed E-state index contributed by atoms with van der Waals surface area (Å²) in [6, 6.07) is 0. The molecule has 0 spiro atoms. The van der Waals surface area contributed by atoms with Crippen LogP contribution in [0.4, 0.5) is 0 Å². The van der Waals surface area contributed by atoms with Crippen molar-refractivity contribution in [3.05, 3.63) is 6.33 Å². The molecule has 0 saturated heterocycles. The molecule has 0 bridgehead atoms. The maximum atomic E-state index is 11.4. The SMILES string of the molecule is COC(=O)C(C)(N)CC(C)Sc1nncn1C. The van der Waals surface area contributed by atoms with Gasteiger partial charge in [-0.15, -0.1) is 10.2 Å². The molecule has 0 fully saturated rings. The van der Waals surface area contributed by atoms with E-state index in [1.54, 1.807) is 13.3 Å². The van der Waals surface area contributed by atoms with Crippen molar-refractivity contribution in [3.8, 4) is 0 Å². The monoisotopic (exact) mass is 258 g/mol. The van der Waals surface area contributed by atoms with Gasteiger partial charge in [0.15, 0.2) is 5.16 Å². The molecule has 17 heavy (non-hydrogen) atoms. The van der Waals surface area contributed by atoms with Crippen molar-refractivity contribution in [1.29, 1.82) is 0 Å². The largest absolute Gasteiger partial charge is 0.468 e. The molecule has 2 N–H and O–H groups in total. The summed E-state index contributed by atoms with van der Waals surface area (Å²) in [5, 5.41) is 8.71.